The Labute approximate surface area is 102 Å². The van der Waals surface area contributed by atoms with E-state index < -0.39 is 0 Å². The summed E-state index contributed by atoms with van der Waals surface area (Å²) in [7, 11) is 0. The van der Waals surface area contributed by atoms with Gasteiger partial charge in [0.2, 0.25) is 5.88 Å². The first-order valence-electron chi connectivity index (χ1n) is 5.96. The van der Waals surface area contributed by atoms with E-state index in [4.69, 9.17) is 4.74 Å². The van der Waals surface area contributed by atoms with Crippen LogP contribution in [0, 0.1) is 5.92 Å². The molecule has 1 rings (SSSR count). The molecule has 0 aromatic carbocycles. The van der Waals surface area contributed by atoms with E-state index in [0.29, 0.717) is 30.3 Å². The summed E-state index contributed by atoms with van der Waals surface area (Å²) in [6, 6.07) is 0. The monoisotopic (exact) mass is 236 g/mol. The van der Waals surface area contributed by atoms with Crippen LogP contribution in [0.15, 0.2) is 12.4 Å². The van der Waals surface area contributed by atoms with Crippen LogP contribution in [0.4, 0.5) is 0 Å². The Morgan fingerprint density at radius 1 is 1.29 bits per heavy atom. The van der Waals surface area contributed by atoms with Crippen LogP contribution in [-0.4, -0.2) is 21.9 Å². The number of Topliss-reactive ketones (excluding diaryl/α,β-unsaturated/α-hetero) is 1. The summed E-state index contributed by atoms with van der Waals surface area (Å²) in [5.74, 6) is 1.05. The van der Waals surface area contributed by atoms with Crippen molar-refractivity contribution in [2.75, 3.05) is 0 Å². The van der Waals surface area contributed by atoms with Gasteiger partial charge in [-0.1, -0.05) is 13.8 Å². The highest BCUT2D eigenvalue weighted by Gasteiger charge is 2.09. The van der Waals surface area contributed by atoms with Crippen molar-refractivity contribution in [3.05, 3.63) is 18.1 Å². The van der Waals surface area contributed by atoms with Gasteiger partial charge in [0.25, 0.3) is 0 Å². The summed E-state index contributed by atoms with van der Waals surface area (Å²) in [4.78, 5) is 19.9. The van der Waals surface area contributed by atoms with Crippen LogP contribution in [0.1, 0.15) is 39.8 Å². The van der Waals surface area contributed by atoms with E-state index in [-0.39, 0.29) is 11.9 Å². The van der Waals surface area contributed by atoms with Crippen LogP contribution < -0.4 is 4.74 Å². The first-order chi connectivity index (χ1) is 7.97. The summed E-state index contributed by atoms with van der Waals surface area (Å²) in [5.41, 5.74) is 0.675. The standard InChI is InChI=1S/C13H20N2O2/c1-9(2)5-12(16)6-11-7-14-8-13(15-11)17-10(3)4/h7-10H,5-6H2,1-4H3. The van der Waals surface area contributed by atoms with Crippen molar-refractivity contribution < 1.29 is 9.53 Å². The van der Waals surface area contributed by atoms with Crippen LogP contribution in [0.2, 0.25) is 0 Å². The van der Waals surface area contributed by atoms with Crippen molar-refractivity contribution in [1.29, 1.82) is 0 Å². The van der Waals surface area contributed by atoms with E-state index in [0.717, 1.165) is 0 Å². The van der Waals surface area contributed by atoms with E-state index in [1.807, 2.05) is 27.7 Å². The molecular formula is C13H20N2O2. The molecule has 4 nitrogen and oxygen atoms in total. The lowest BCUT2D eigenvalue weighted by atomic mass is 10.0. The zero-order valence-corrected chi connectivity index (χ0v) is 10.9. The summed E-state index contributed by atoms with van der Waals surface area (Å²) < 4.78 is 5.43. The Balaban J connectivity index is 2.62. The van der Waals surface area contributed by atoms with Crippen molar-refractivity contribution in [2.45, 2.75) is 46.6 Å². The number of ketones is 1. The number of carbonyl (C=O) groups excluding carboxylic acids is 1. The van der Waals surface area contributed by atoms with Gasteiger partial charge in [0.05, 0.1) is 24.4 Å². The third kappa shape index (κ3) is 5.43. The second kappa shape index (κ2) is 6.33. The summed E-state index contributed by atoms with van der Waals surface area (Å²) >= 11 is 0. The van der Waals surface area contributed by atoms with Crippen molar-refractivity contribution in [3.63, 3.8) is 0 Å². The zero-order chi connectivity index (χ0) is 12.8. The highest BCUT2D eigenvalue weighted by Crippen LogP contribution is 2.10. The number of carbonyl (C=O) groups is 1. The Morgan fingerprint density at radius 3 is 2.59 bits per heavy atom. The van der Waals surface area contributed by atoms with Gasteiger partial charge in [0.1, 0.15) is 5.78 Å². The van der Waals surface area contributed by atoms with Crippen LogP contribution in [0.5, 0.6) is 5.88 Å². The number of aromatic nitrogens is 2. The molecule has 0 aliphatic heterocycles. The molecule has 0 fully saturated rings. The van der Waals surface area contributed by atoms with Crippen LogP contribution in [-0.2, 0) is 11.2 Å². The molecule has 0 aliphatic rings. The van der Waals surface area contributed by atoms with Gasteiger partial charge >= 0.3 is 0 Å². The van der Waals surface area contributed by atoms with E-state index in [9.17, 15) is 4.79 Å². The molecule has 4 heteroatoms. The second-order valence-corrected chi connectivity index (χ2v) is 4.83. The Bertz CT molecular complexity index is 375. The van der Waals surface area contributed by atoms with Crippen molar-refractivity contribution in [3.8, 4) is 5.88 Å². The average Bonchev–Trinajstić information content (AvgIpc) is 2.14. The molecule has 94 valence electrons. The molecule has 0 spiro atoms. The number of nitrogens with zero attached hydrogens (tertiary/aromatic N) is 2. The Morgan fingerprint density at radius 2 is 2.00 bits per heavy atom. The molecule has 17 heavy (non-hydrogen) atoms. The maximum Gasteiger partial charge on any atom is 0.232 e. The van der Waals surface area contributed by atoms with E-state index >= 15 is 0 Å². The highest BCUT2D eigenvalue weighted by molar-refractivity contribution is 5.80. The first-order valence-corrected chi connectivity index (χ1v) is 5.96. The topological polar surface area (TPSA) is 52.1 Å². The number of hydrogen-bond donors (Lipinski definition) is 0. The predicted octanol–water partition coefficient (Wildman–Crippen LogP) is 2.42. The minimum Gasteiger partial charge on any atom is -0.474 e. The fourth-order valence-electron chi connectivity index (χ4n) is 1.50. The normalized spacial score (nSPS) is 10.9. The lowest BCUT2D eigenvalue weighted by Gasteiger charge is -2.09. The fraction of sp³-hybridized carbons (Fsp3) is 0.615. The van der Waals surface area contributed by atoms with Gasteiger partial charge < -0.3 is 4.74 Å². The average molecular weight is 236 g/mol. The Kier molecular flexibility index (Phi) is 5.07. The predicted molar refractivity (Wildman–Crippen MR) is 66.0 cm³/mol. The van der Waals surface area contributed by atoms with Gasteiger partial charge in [0, 0.05) is 12.6 Å². The minimum absolute atomic E-state index is 0.0610. The van der Waals surface area contributed by atoms with Gasteiger partial charge in [-0.25, -0.2) is 4.98 Å². The molecule has 0 radical (unpaired) electrons. The lowest BCUT2D eigenvalue weighted by molar-refractivity contribution is -0.119. The minimum atomic E-state index is 0.0610. The zero-order valence-electron chi connectivity index (χ0n) is 10.9. The van der Waals surface area contributed by atoms with Gasteiger partial charge in [-0.05, 0) is 19.8 Å². The van der Waals surface area contributed by atoms with E-state index in [1.165, 1.54) is 0 Å². The van der Waals surface area contributed by atoms with E-state index in [1.54, 1.807) is 12.4 Å². The molecular weight excluding hydrogens is 216 g/mol. The van der Waals surface area contributed by atoms with E-state index in [2.05, 4.69) is 9.97 Å². The third-order valence-electron chi connectivity index (χ3n) is 2.03. The lowest BCUT2D eigenvalue weighted by Crippen LogP contribution is -2.11. The third-order valence-corrected chi connectivity index (χ3v) is 2.03. The fourth-order valence-corrected chi connectivity index (χ4v) is 1.50. The first kappa shape index (κ1) is 13.6. The summed E-state index contributed by atoms with van der Waals surface area (Å²) in [6.07, 6.45) is 4.16. The van der Waals surface area contributed by atoms with Gasteiger partial charge in [-0.15, -0.1) is 0 Å². The maximum absolute atomic E-state index is 11.6. The molecule has 1 heterocycles. The number of ether oxygens (including phenoxy) is 1. The largest absolute Gasteiger partial charge is 0.474 e. The molecule has 0 atom stereocenters. The van der Waals surface area contributed by atoms with Gasteiger partial charge in [-0.3, -0.25) is 9.78 Å². The molecule has 1 aromatic rings. The smallest absolute Gasteiger partial charge is 0.232 e. The van der Waals surface area contributed by atoms with Crippen LogP contribution in [0.3, 0.4) is 0 Å². The number of hydrogen-bond acceptors (Lipinski definition) is 4. The molecule has 0 saturated carbocycles. The molecule has 0 bridgehead atoms. The van der Waals surface area contributed by atoms with Gasteiger partial charge in [0.15, 0.2) is 0 Å². The number of rotatable bonds is 6. The molecule has 0 saturated heterocycles. The van der Waals surface area contributed by atoms with Crippen LogP contribution >= 0.6 is 0 Å². The molecule has 0 aliphatic carbocycles. The Hall–Kier alpha value is -1.45. The molecule has 0 amide bonds. The van der Waals surface area contributed by atoms with Crippen molar-refractivity contribution >= 4 is 5.78 Å². The molecule has 1 aromatic heterocycles. The molecule has 0 unspecified atom stereocenters. The SMILES string of the molecule is CC(C)CC(=O)Cc1cncc(OC(C)C)n1. The van der Waals surface area contributed by atoms with Gasteiger partial charge in [-0.2, -0.15) is 0 Å². The quantitative estimate of drug-likeness (QED) is 0.761. The van der Waals surface area contributed by atoms with Crippen molar-refractivity contribution in [1.82, 2.24) is 9.97 Å². The highest BCUT2D eigenvalue weighted by atomic mass is 16.5. The summed E-state index contributed by atoms with van der Waals surface area (Å²) in [5, 5.41) is 0. The van der Waals surface area contributed by atoms with Crippen LogP contribution in [0.25, 0.3) is 0 Å². The molecule has 0 N–H and O–H groups in total. The van der Waals surface area contributed by atoms with Crippen molar-refractivity contribution in [2.24, 2.45) is 5.92 Å². The second-order valence-electron chi connectivity index (χ2n) is 4.83. The maximum atomic E-state index is 11.6. The summed E-state index contributed by atoms with van der Waals surface area (Å²) in [6.45, 7) is 7.92.